The maximum atomic E-state index is 5.62. The highest BCUT2D eigenvalue weighted by molar-refractivity contribution is 7.99. The average molecular weight is 211 g/mol. The molecule has 0 fully saturated rings. The van der Waals surface area contributed by atoms with E-state index in [9.17, 15) is 0 Å². The summed E-state index contributed by atoms with van der Waals surface area (Å²) in [4.78, 5) is 0. The van der Waals surface area contributed by atoms with Gasteiger partial charge < -0.3 is 5.73 Å². The van der Waals surface area contributed by atoms with Crippen LogP contribution in [0.5, 0.6) is 0 Å². The number of nitrogens with two attached hydrogens (primary N) is 1. The van der Waals surface area contributed by atoms with Gasteiger partial charge in [-0.2, -0.15) is 5.10 Å². The Labute approximate surface area is 89.5 Å². The fourth-order valence-electron chi connectivity index (χ4n) is 0.911. The van der Waals surface area contributed by atoms with Crippen molar-refractivity contribution in [2.45, 2.75) is 37.6 Å². The molecule has 1 unspecified atom stereocenters. The van der Waals surface area contributed by atoms with E-state index in [1.807, 2.05) is 6.07 Å². The topological polar surface area (TPSA) is 51.8 Å². The molecule has 1 aromatic rings. The minimum Gasteiger partial charge on any atom is -0.326 e. The molecule has 0 spiro atoms. The van der Waals surface area contributed by atoms with Crippen LogP contribution >= 0.6 is 11.8 Å². The van der Waals surface area contributed by atoms with Gasteiger partial charge in [-0.25, -0.2) is 0 Å². The summed E-state index contributed by atoms with van der Waals surface area (Å²) in [5.74, 6) is 0.632. The molecule has 0 amide bonds. The molecule has 0 aliphatic heterocycles. The first-order valence-electron chi connectivity index (χ1n) is 4.82. The third kappa shape index (κ3) is 2.96. The molecule has 1 aromatic heterocycles. The third-order valence-corrected chi connectivity index (χ3v) is 3.71. The Balaban J connectivity index is 2.75. The van der Waals surface area contributed by atoms with Gasteiger partial charge in [-0.05, 0) is 12.0 Å². The molecule has 0 radical (unpaired) electrons. The summed E-state index contributed by atoms with van der Waals surface area (Å²) in [6, 6.07) is 1.93. The summed E-state index contributed by atoms with van der Waals surface area (Å²) < 4.78 is 0. The standard InChI is InChI=1S/C10H17N3S/c1-7(2)8(3)14-10-9(6-11)4-5-12-13-10/h4-5,7-8H,6,11H2,1-3H3. The Morgan fingerprint density at radius 2 is 2.14 bits per heavy atom. The van der Waals surface area contributed by atoms with Gasteiger partial charge in [0.05, 0.1) is 0 Å². The van der Waals surface area contributed by atoms with Gasteiger partial charge in [0.1, 0.15) is 5.03 Å². The van der Waals surface area contributed by atoms with Crippen LogP contribution in [0, 0.1) is 5.92 Å². The Morgan fingerprint density at radius 1 is 1.43 bits per heavy atom. The zero-order valence-electron chi connectivity index (χ0n) is 8.90. The highest BCUT2D eigenvalue weighted by atomic mass is 32.2. The van der Waals surface area contributed by atoms with Gasteiger partial charge in [0.15, 0.2) is 0 Å². The van der Waals surface area contributed by atoms with Crippen LogP contribution in [0.1, 0.15) is 26.3 Å². The summed E-state index contributed by atoms with van der Waals surface area (Å²) in [7, 11) is 0. The van der Waals surface area contributed by atoms with Gasteiger partial charge in [0.2, 0.25) is 0 Å². The third-order valence-electron chi connectivity index (χ3n) is 2.22. The highest BCUT2D eigenvalue weighted by Gasteiger charge is 2.12. The predicted molar refractivity (Wildman–Crippen MR) is 60.1 cm³/mol. The van der Waals surface area contributed by atoms with Crippen LogP contribution < -0.4 is 5.73 Å². The van der Waals surface area contributed by atoms with Crippen molar-refractivity contribution in [3.63, 3.8) is 0 Å². The molecule has 0 aliphatic carbocycles. The van der Waals surface area contributed by atoms with Gasteiger partial charge >= 0.3 is 0 Å². The Hall–Kier alpha value is -0.610. The van der Waals surface area contributed by atoms with E-state index in [0.29, 0.717) is 17.7 Å². The van der Waals surface area contributed by atoms with Crippen LogP contribution in [0.2, 0.25) is 0 Å². The summed E-state index contributed by atoms with van der Waals surface area (Å²) in [5, 5.41) is 9.49. The van der Waals surface area contributed by atoms with Crippen LogP contribution in [0.25, 0.3) is 0 Å². The van der Waals surface area contributed by atoms with Crippen molar-refractivity contribution < 1.29 is 0 Å². The summed E-state index contributed by atoms with van der Waals surface area (Å²) in [6.07, 6.45) is 1.69. The molecular weight excluding hydrogens is 194 g/mol. The number of rotatable bonds is 4. The Morgan fingerprint density at radius 3 is 2.71 bits per heavy atom. The molecule has 0 saturated carbocycles. The molecular formula is C10H17N3S. The first-order valence-corrected chi connectivity index (χ1v) is 5.70. The van der Waals surface area contributed by atoms with Crippen molar-refractivity contribution in [1.82, 2.24) is 10.2 Å². The molecule has 0 saturated heterocycles. The number of hydrogen-bond acceptors (Lipinski definition) is 4. The highest BCUT2D eigenvalue weighted by Crippen LogP contribution is 2.27. The second-order valence-electron chi connectivity index (χ2n) is 3.63. The van der Waals surface area contributed by atoms with Gasteiger partial charge in [-0.1, -0.05) is 20.8 Å². The normalized spacial score (nSPS) is 13.2. The molecule has 4 heteroatoms. The summed E-state index contributed by atoms with van der Waals surface area (Å²) >= 11 is 1.75. The maximum Gasteiger partial charge on any atom is 0.124 e. The van der Waals surface area contributed by atoms with Crippen LogP contribution in [-0.4, -0.2) is 15.4 Å². The molecule has 2 N–H and O–H groups in total. The van der Waals surface area contributed by atoms with E-state index in [1.165, 1.54) is 0 Å². The summed E-state index contributed by atoms with van der Waals surface area (Å²) in [6.45, 7) is 7.14. The zero-order chi connectivity index (χ0) is 10.6. The van der Waals surface area contributed by atoms with Gasteiger partial charge in [-0.15, -0.1) is 16.9 Å². The molecule has 0 aliphatic rings. The van der Waals surface area contributed by atoms with Crippen molar-refractivity contribution in [2.24, 2.45) is 11.7 Å². The molecule has 0 aromatic carbocycles. The van der Waals surface area contributed by atoms with Crippen molar-refractivity contribution in [3.8, 4) is 0 Å². The summed E-state index contributed by atoms with van der Waals surface area (Å²) in [5.41, 5.74) is 6.70. The Bertz CT molecular complexity index is 288. The van der Waals surface area contributed by atoms with E-state index < -0.39 is 0 Å². The Kier molecular flexibility index (Phi) is 4.35. The van der Waals surface area contributed by atoms with Crippen molar-refractivity contribution >= 4 is 11.8 Å². The van der Waals surface area contributed by atoms with E-state index in [-0.39, 0.29) is 0 Å². The van der Waals surface area contributed by atoms with E-state index in [2.05, 4.69) is 31.0 Å². The lowest BCUT2D eigenvalue weighted by Crippen LogP contribution is -2.08. The molecule has 14 heavy (non-hydrogen) atoms. The molecule has 1 atom stereocenters. The van der Waals surface area contributed by atoms with Gasteiger partial charge in [-0.3, -0.25) is 0 Å². The molecule has 0 bridgehead atoms. The zero-order valence-corrected chi connectivity index (χ0v) is 9.71. The quantitative estimate of drug-likeness (QED) is 0.775. The van der Waals surface area contributed by atoms with E-state index in [4.69, 9.17) is 5.73 Å². The number of thioether (sulfide) groups is 1. The van der Waals surface area contributed by atoms with Crippen molar-refractivity contribution in [3.05, 3.63) is 17.8 Å². The average Bonchev–Trinajstić information content (AvgIpc) is 2.18. The minimum absolute atomic E-state index is 0.530. The second-order valence-corrected chi connectivity index (χ2v) is 5.00. The SMILES string of the molecule is CC(C)C(C)Sc1nnccc1CN. The maximum absolute atomic E-state index is 5.62. The van der Waals surface area contributed by atoms with Gasteiger partial charge in [0, 0.05) is 23.6 Å². The molecule has 1 heterocycles. The van der Waals surface area contributed by atoms with Crippen LogP contribution in [0.3, 0.4) is 0 Å². The smallest absolute Gasteiger partial charge is 0.124 e. The van der Waals surface area contributed by atoms with Gasteiger partial charge in [0.25, 0.3) is 0 Å². The van der Waals surface area contributed by atoms with Crippen LogP contribution in [-0.2, 0) is 6.54 Å². The van der Waals surface area contributed by atoms with Crippen molar-refractivity contribution in [2.75, 3.05) is 0 Å². The first kappa shape index (κ1) is 11.5. The number of hydrogen-bond donors (Lipinski definition) is 1. The van der Waals surface area contributed by atoms with Crippen LogP contribution in [0.15, 0.2) is 17.3 Å². The lowest BCUT2D eigenvalue weighted by molar-refractivity contribution is 0.640. The first-order chi connectivity index (χ1) is 6.65. The minimum atomic E-state index is 0.530. The predicted octanol–water partition coefficient (Wildman–Crippen LogP) is 2.07. The fraction of sp³-hybridized carbons (Fsp3) is 0.600. The van der Waals surface area contributed by atoms with Crippen molar-refractivity contribution in [1.29, 1.82) is 0 Å². The lowest BCUT2D eigenvalue weighted by atomic mass is 10.2. The molecule has 1 rings (SSSR count). The molecule has 3 nitrogen and oxygen atoms in total. The number of aromatic nitrogens is 2. The fourth-order valence-corrected chi connectivity index (χ4v) is 1.93. The molecule has 78 valence electrons. The van der Waals surface area contributed by atoms with E-state index >= 15 is 0 Å². The van der Waals surface area contributed by atoms with E-state index in [0.717, 1.165) is 10.6 Å². The monoisotopic (exact) mass is 211 g/mol. The van der Waals surface area contributed by atoms with Crippen LogP contribution in [0.4, 0.5) is 0 Å². The van der Waals surface area contributed by atoms with E-state index in [1.54, 1.807) is 18.0 Å². The lowest BCUT2D eigenvalue weighted by Gasteiger charge is -2.15. The number of nitrogens with zero attached hydrogens (tertiary/aromatic N) is 2. The largest absolute Gasteiger partial charge is 0.326 e. The second kappa shape index (κ2) is 5.32.